The Labute approximate surface area is 150 Å². The van der Waals surface area contributed by atoms with Gasteiger partial charge in [0.2, 0.25) is 0 Å². The molecule has 0 unspecified atom stereocenters. The Hall–Kier alpha value is -3.53. The van der Waals surface area contributed by atoms with E-state index in [0.29, 0.717) is 0 Å². The van der Waals surface area contributed by atoms with Gasteiger partial charge in [-0.1, -0.05) is 17.7 Å². The molecule has 0 spiro atoms. The van der Waals surface area contributed by atoms with Crippen molar-refractivity contribution >= 4 is 40.5 Å². The smallest absolute Gasteiger partial charge is 0.338 e. The number of nitro groups is 2. The Morgan fingerprint density at radius 2 is 1.81 bits per heavy atom. The van der Waals surface area contributed by atoms with Crippen LogP contribution in [0.2, 0.25) is 5.02 Å². The number of ether oxygens (including phenoxy) is 1. The summed E-state index contributed by atoms with van der Waals surface area (Å²) >= 11 is 5.67. The lowest BCUT2D eigenvalue weighted by molar-refractivity contribution is -0.384. The van der Waals surface area contributed by atoms with E-state index in [0.717, 1.165) is 12.1 Å². The standard InChI is InChI=1S/C15H10ClN3O7/c16-10-4-5-12(13(7-10)19(24)25)17-14(20)8-26-15(21)9-2-1-3-11(6-9)18(22)23/h1-7H,8H2,(H,17,20). The van der Waals surface area contributed by atoms with Crippen molar-refractivity contribution in [3.63, 3.8) is 0 Å². The van der Waals surface area contributed by atoms with E-state index in [9.17, 15) is 29.8 Å². The normalized spacial score (nSPS) is 10.0. The summed E-state index contributed by atoms with van der Waals surface area (Å²) in [5.74, 6) is -1.77. The second-order valence-electron chi connectivity index (χ2n) is 4.85. The highest BCUT2D eigenvalue weighted by atomic mass is 35.5. The van der Waals surface area contributed by atoms with Gasteiger partial charge in [0.25, 0.3) is 17.3 Å². The van der Waals surface area contributed by atoms with Crippen LogP contribution in [0.15, 0.2) is 42.5 Å². The molecule has 0 saturated carbocycles. The number of halogens is 1. The summed E-state index contributed by atoms with van der Waals surface area (Å²) in [7, 11) is 0. The van der Waals surface area contributed by atoms with Gasteiger partial charge in [-0.3, -0.25) is 25.0 Å². The van der Waals surface area contributed by atoms with Crippen molar-refractivity contribution in [2.45, 2.75) is 0 Å². The van der Waals surface area contributed by atoms with E-state index >= 15 is 0 Å². The van der Waals surface area contributed by atoms with Crippen molar-refractivity contribution in [2.24, 2.45) is 0 Å². The molecule has 26 heavy (non-hydrogen) atoms. The van der Waals surface area contributed by atoms with Crippen LogP contribution in [0.4, 0.5) is 17.1 Å². The summed E-state index contributed by atoms with van der Waals surface area (Å²) in [6, 6.07) is 8.43. The fourth-order valence-electron chi connectivity index (χ4n) is 1.91. The molecule has 0 aliphatic carbocycles. The van der Waals surface area contributed by atoms with Gasteiger partial charge in [-0.15, -0.1) is 0 Å². The van der Waals surface area contributed by atoms with E-state index in [-0.39, 0.29) is 22.0 Å². The Morgan fingerprint density at radius 1 is 1.08 bits per heavy atom. The second kappa shape index (κ2) is 8.03. The highest BCUT2D eigenvalue weighted by molar-refractivity contribution is 6.31. The molecule has 0 aliphatic heterocycles. The lowest BCUT2D eigenvalue weighted by Crippen LogP contribution is -2.21. The maximum Gasteiger partial charge on any atom is 0.338 e. The molecule has 0 aliphatic rings. The maximum absolute atomic E-state index is 11.8. The number of nitrogens with one attached hydrogen (secondary N) is 1. The zero-order valence-corrected chi connectivity index (χ0v) is 13.6. The zero-order valence-electron chi connectivity index (χ0n) is 12.9. The molecule has 0 aromatic heterocycles. The zero-order chi connectivity index (χ0) is 19.3. The molecular weight excluding hydrogens is 370 g/mol. The monoisotopic (exact) mass is 379 g/mol. The Bertz CT molecular complexity index is 901. The summed E-state index contributed by atoms with van der Waals surface area (Å²) in [6.45, 7) is -0.735. The van der Waals surface area contributed by atoms with Gasteiger partial charge in [0, 0.05) is 23.2 Å². The predicted molar refractivity (Wildman–Crippen MR) is 90.1 cm³/mol. The van der Waals surface area contributed by atoms with E-state index < -0.39 is 34.0 Å². The van der Waals surface area contributed by atoms with Gasteiger partial charge in [-0.25, -0.2) is 4.79 Å². The molecule has 0 radical (unpaired) electrons. The van der Waals surface area contributed by atoms with Crippen LogP contribution in [0.3, 0.4) is 0 Å². The quantitative estimate of drug-likeness (QED) is 0.461. The highest BCUT2D eigenvalue weighted by Gasteiger charge is 2.18. The number of anilines is 1. The molecule has 10 nitrogen and oxygen atoms in total. The van der Waals surface area contributed by atoms with Crippen molar-refractivity contribution in [3.05, 3.63) is 73.3 Å². The molecule has 1 amide bonds. The van der Waals surface area contributed by atoms with Gasteiger partial charge < -0.3 is 10.1 Å². The first-order valence-electron chi connectivity index (χ1n) is 6.93. The summed E-state index contributed by atoms with van der Waals surface area (Å²) < 4.78 is 4.75. The molecule has 1 N–H and O–H groups in total. The van der Waals surface area contributed by atoms with E-state index in [1.807, 2.05) is 0 Å². The lowest BCUT2D eigenvalue weighted by Gasteiger charge is -2.07. The molecule has 134 valence electrons. The molecule has 0 fully saturated rings. The summed E-state index contributed by atoms with van der Waals surface area (Å²) in [4.78, 5) is 43.9. The van der Waals surface area contributed by atoms with Crippen LogP contribution in [0, 0.1) is 20.2 Å². The van der Waals surface area contributed by atoms with E-state index in [2.05, 4.69) is 5.32 Å². The van der Waals surface area contributed by atoms with Crippen molar-refractivity contribution in [3.8, 4) is 0 Å². The molecule has 0 atom stereocenters. The first-order valence-corrected chi connectivity index (χ1v) is 7.31. The van der Waals surface area contributed by atoms with Gasteiger partial charge in [0.15, 0.2) is 6.61 Å². The van der Waals surface area contributed by atoms with Crippen LogP contribution in [0.1, 0.15) is 10.4 Å². The number of benzene rings is 2. The predicted octanol–water partition coefficient (Wildman–Crippen LogP) is 2.95. The topological polar surface area (TPSA) is 142 Å². The van der Waals surface area contributed by atoms with Gasteiger partial charge >= 0.3 is 5.97 Å². The molecular formula is C15H10ClN3O7. The van der Waals surface area contributed by atoms with Crippen LogP contribution in [0.5, 0.6) is 0 Å². The summed E-state index contributed by atoms with van der Waals surface area (Å²) in [6.07, 6.45) is 0. The van der Waals surface area contributed by atoms with Gasteiger partial charge in [0.1, 0.15) is 5.69 Å². The third-order valence-electron chi connectivity index (χ3n) is 3.06. The number of amides is 1. The highest BCUT2D eigenvalue weighted by Crippen LogP contribution is 2.27. The minimum absolute atomic E-state index is 0.107. The Morgan fingerprint density at radius 3 is 2.46 bits per heavy atom. The number of hydrogen-bond donors (Lipinski definition) is 1. The number of nitro benzene ring substituents is 2. The van der Waals surface area contributed by atoms with Gasteiger partial charge in [0.05, 0.1) is 15.4 Å². The summed E-state index contributed by atoms with van der Waals surface area (Å²) in [5.41, 5.74) is -0.947. The van der Waals surface area contributed by atoms with Crippen LogP contribution in [0.25, 0.3) is 0 Å². The molecule has 2 rings (SSSR count). The van der Waals surface area contributed by atoms with Gasteiger partial charge in [-0.05, 0) is 18.2 Å². The number of nitrogens with zero attached hydrogens (tertiary/aromatic N) is 2. The number of esters is 1. The first kappa shape index (κ1) is 18.8. The SMILES string of the molecule is O=C(COC(=O)c1cccc([N+](=O)[O-])c1)Nc1ccc(Cl)cc1[N+](=O)[O-]. The molecule has 0 saturated heterocycles. The first-order chi connectivity index (χ1) is 12.3. The van der Waals surface area contributed by atoms with E-state index in [4.69, 9.17) is 16.3 Å². The maximum atomic E-state index is 11.8. The molecule has 0 bridgehead atoms. The number of carbonyl (C=O) groups is 2. The van der Waals surface area contributed by atoms with Crippen LogP contribution in [-0.4, -0.2) is 28.3 Å². The second-order valence-corrected chi connectivity index (χ2v) is 5.29. The molecule has 2 aromatic rings. The minimum atomic E-state index is -0.950. The number of rotatable bonds is 6. The number of non-ortho nitro benzene ring substituents is 1. The molecule has 0 heterocycles. The Balaban J connectivity index is 2.01. The number of carbonyl (C=O) groups excluding carboxylic acids is 2. The largest absolute Gasteiger partial charge is 0.452 e. The third kappa shape index (κ3) is 4.74. The van der Waals surface area contributed by atoms with Crippen molar-refractivity contribution in [1.82, 2.24) is 0 Å². The Kier molecular flexibility index (Phi) is 5.81. The average molecular weight is 380 g/mol. The van der Waals surface area contributed by atoms with Crippen LogP contribution in [-0.2, 0) is 9.53 Å². The lowest BCUT2D eigenvalue weighted by atomic mass is 10.2. The van der Waals surface area contributed by atoms with Crippen LogP contribution < -0.4 is 5.32 Å². The van der Waals surface area contributed by atoms with Crippen LogP contribution >= 0.6 is 11.6 Å². The summed E-state index contributed by atoms with van der Waals surface area (Å²) in [5, 5.41) is 24.0. The fourth-order valence-corrected chi connectivity index (χ4v) is 2.08. The minimum Gasteiger partial charge on any atom is -0.452 e. The van der Waals surface area contributed by atoms with E-state index in [1.54, 1.807) is 0 Å². The van der Waals surface area contributed by atoms with Crippen molar-refractivity contribution < 1.29 is 24.2 Å². The molecule has 2 aromatic carbocycles. The molecule has 11 heteroatoms. The fraction of sp³-hybridized carbons (Fsp3) is 0.0667. The third-order valence-corrected chi connectivity index (χ3v) is 3.29. The van der Waals surface area contributed by atoms with Crippen molar-refractivity contribution in [2.75, 3.05) is 11.9 Å². The number of hydrogen-bond acceptors (Lipinski definition) is 7. The average Bonchev–Trinajstić information content (AvgIpc) is 2.61. The van der Waals surface area contributed by atoms with E-state index in [1.165, 1.54) is 30.3 Å². The van der Waals surface area contributed by atoms with Crippen molar-refractivity contribution in [1.29, 1.82) is 0 Å². The van der Waals surface area contributed by atoms with Gasteiger partial charge in [-0.2, -0.15) is 0 Å².